The van der Waals surface area contributed by atoms with Crippen LogP contribution < -0.4 is 0 Å². The normalized spacial score (nSPS) is 11.5. The van der Waals surface area contributed by atoms with Gasteiger partial charge in [0, 0.05) is 5.92 Å². The minimum atomic E-state index is -2.42. The van der Waals surface area contributed by atoms with E-state index in [-0.39, 0.29) is 11.5 Å². The van der Waals surface area contributed by atoms with Gasteiger partial charge < -0.3 is 4.42 Å². The highest BCUT2D eigenvalue weighted by molar-refractivity contribution is 5.15. The van der Waals surface area contributed by atoms with Crippen LogP contribution >= 0.6 is 0 Å². The number of hydrogen-bond donors (Lipinski definition) is 0. The van der Waals surface area contributed by atoms with Crippen LogP contribution in [0.3, 0.4) is 0 Å². The third kappa shape index (κ3) is 1.79. The predicted molar refractivity (Wildman–Crippen MR) is 37.8 cm³/mol. The summed E-state index contributed by atoms with van der Waals surface area (Å²) in [6, 6.07) is 1.40. The largest absolute Gasteiger partial charge is 0.469 e. The lowest BCUT2D eigenvalue weighted by Gasteiger charge is -1.95. The van der Waals surface area contributed by atoms with Crippen LogP contribution in [0.1, 0.15) is 37.5 Å². The summed E-state index contributed by atoms with van der Waals surface area (Å²) >= 11 is 0. The van der Waals surface area contributed by atoms with E-state index in [4.69, 9.17) is 4.42 Å². The van der Waals surface area contributed by atoms with E-state index < -0.39 is 6.43 Å². The maximum absolute atomic E-state index is 12.0. The van der Waals surface area contributed by atoms with Crippen LogP contribution in [-0.4, -0.2) is 0 Å². The quantitative estimate of drug-likeness (QED) is 0.646. The van der Waals surface area contributed by atoms with Crippen molar-refractivity contribution in [2.75, 3.05) is 0 Å². The third-order valence-electron chi connectivity index (χ3n) is 1.46. The van der Waals surface area contributed by atoms with E-state index in [9.17, 15) is 8.78 Å². The average Bonchev–Trinajstić information content (AvgIpc) is 2.33. The Morgan fingerprint density at radius 3 is 2.27 bits per heavy atom. The van der Waals surface area contributed by atoms with Crippen molar-refractivity contribution in [3.8, 4) is 0 Å². The fourth-order valence-electron chi connectivity index (χ4n) is 0.786. The molecule has 0 N–H and O–H groups in total. The van der Waals surface area contributed by atoms with Crippen LogP contribution in [0.2, 0.25) is 0 Å². The standard InChI is InChI=1S/C8H10F2O/c1-5(2)7-3-6(4-11-7)8(9)10/h3-5,8H,1-2H3. The first-order valence-corrected chi connectivity index (χ1v) is 3.47. The summed E-state index contributed by atoms with van der Waals surface area (Å²) < 4.78 is 28.9. The van der Waals surface area contributed by atoms with Crippen molar-refractivity contribution in [2.24, 2.45) is 0 Å². The molecule has 0 aromatic carbocycles. The topological polar surface area (TPSA) is 13.1 Å². The number of furan rings is 1. The summed E-state index contributed by atoms with van der Waals surface area (Å²) in [5.74, 6) is 0.780. The number of alkyl halides is 2. The smallest absolute Gasteiger partial charge is 0.266 e. The van der Waals surface area contributed by atoms with Crippen LogP contribution in [0.15, 0.2) is 16.7 Å². The summed E-state index contributed by atoms with van der Waals surface area (Å²) in [7, 11) is 0. The maximum Gasteiger partial charge on any atom is 0.266 e. The van der Waals surface area contributed by atoms with Gasteiger partial charge in [0.25, 0.3) is 6.43 Å². The van der Waals surface area contributed by atoms with Gasteiger partial charge in [-0.15, -0.1) is 0 Å². The number of rotatable bonds is 2. The molecule has 0 aliphatic carbocycles. The van der Waals surface area contributed by atoms with Crippen molar-refractivity contribution < 1.29 is 13.2 Å². The minimum Gasteiger partial charge on any atom is -0.469 e. The molecule has 0 aliphatic heterocycles. The summed E-state index contributed by atoms with van der Waals surface area (Å²) in [6.45, 7) is 3.79. The van der Waals surface area contributed by atoms with E-state index in [1.165, 1.54) is 6.07 Å². The number of hydrogen-bond acceptors (Lipinski definition) is 1. The van der Waals surface area contributed by atoms with Gasteiger partial charge in [0.2, 0.25) is 0 Å². The van der Waals surface area contributed by atoms with Crippen molar-refractivity contribution in [3.05, 3.63) is 23.7 Å². The van der Waals surface area contributed by atoms with E-state index in [0.29, 0.717) is 5.76 Å². The van der Waals surface area contributed by atoms with Crippen LogP contribution in [0, 0.1) is 0 Å². The Hall–Kier alpha value is -0.860. The van der Waals surface area contributed by atoms with E-state index in [2.05, 4.69) is 0 Å². The lowest BCUT2D eigenvalue weighted by molar-refractivity contribution is 0.150. The molecule has 0 saturated carbocycles. The molecule has 0 amide bonds. The minimum absolute atomic E-state index is 0.0336. The lowest BCUT2D eigenvalue weighted by Crippen LogP contribution is -1.82. The molecule has 0 saturated heterocycles. The van der Waals surface area contributed by atoms with Crippen molar-refractivity contribution in [3.63, 3.8) is 0 Å². The predicted octanol–water partition coefficient (Wildman–Crippen LogP) is 3.34. The molecule has 1 aromatic heterocycles. The van der Waals surface area contributed by atoms with Gasteiger partial charge in [0.15, 0.2) is 0 Å². The zero-order chi connectivity index (χ0) is 8.43. The Morgan fingerprint density at radius 2 is 2.00 bits per heavy atom. The molecule has 0 aliphatic rings. The molecule has 1 rings (SSSR count). The zero-order valence-electron chi connectivity index (χ0n) is 6.47. The third-order valence-corrected chi connectivity index (χ3v) is 1.46. The second-order valence-corrected chi connectivity index (χ2v) is 2.74. The molecule has 0 fully saturated rings. The van der Waals surface area contributed by atoms with Crippen LogP contribution in [0.4, 0.5) is 8.78 Å². The fraction of sp³-hybridized carbons (Fsp3) is 0.500. The molecule has 3 heteroatoms. The van der Waals surface area contributed by atoms with Crippen molar-refractivity contribution in [1.29, 1.82) is 0 Å². The van der Waals surface area contributed by atoms with E-state index in [1.807, 2.05) is 13.8 Å². The highest BCUT2D eigenvalue weighted by Gasteiger charge is 2.12. The van der Waals surface area contributed by atoms with Gasteiger partial charge in [-0.3, -0.25) is 0 Å². The van der Waals surface area contributed by atoms with Gasteiger partial charge >= 0.3 is 0 Å². The first kappa shape index (κ1) is 8.24. The summed E-state index contributed by atoms with van der Waals surface area (Å²) in [4.78, 5) is 0. The van der Waals surface area contributed by atoms with E-state index in [0.717, 1.165) is 6.26 Å². The highest BCUT2D eigenvalue weighted by Crippen LogP contribution is 2.24. The Balaban J connectivity index is 2.82. The molecule has 1 aromatic rings. The van der Waals surface area contributed by atoms with Crippen LogP contribution in [-0.2, 0) is 0 Å². The Bertz CT molecular complexity index is 205. The monoisotopic (exact) mass is 160 g/mol. The van der Waals surface area contributed by atoms with Gasteiger partial charge in [-0.05, 0) is 6.07 Å². The van der Waals surface area contributed by atoms with Crippen LogP contribution in [0.25, 0.3) is 0 Å². The molecule has 0 spiro atoms. The van der Waals surface area contributed by atoms with E-state index >= 15 is 0 Å². The highest BCUT2D eigenvalue weighted by atomic mass is 19.3. The van der Waals surface area contributed by atoms with E-state index in [1.54, 1.807) is 0 Å². The zero-order valence-corrected chi connectivity index (χ0v) is 6.47. The summed E-state index contributed by atoms with van der Waals surface area (Å²) in [5, 5.41) is 0. The van der Waals surface area contributed by atoms with Gasteiger partial charge in [-0.25, -0.2) is 8.78 Å². The van der Waals surface area contributed by atoms with Gasteiger partial charge in [-0.2, -0.15) is 0 Å². The summed E-state index contributed by atoms with van der Waals surface area (Å²) in [6.07, 6.45) is -1.31. The SMILES string of the molecule is CC(C)c1cc(C(F)F)co1. The first-order valence-electron chi connectivity index (χ1n) is 3.47. The summed E-state index contributed by atoms with van der Waals surface area (Å²) in [5.41, 5.74) is -0.0336. The van der Waals surface area contributed by atoms with Gasteiger partial charge in [0.1, 0.15) is 5.76 Å². The van der Waals surface area contributed by atoms with Crippen LogP contribution in [0.5, 0.6) is 0 Å². The molecule has 0 bridgehead atoms. The average molecular weight is 160 g/mol. The van der Waals surface area contributed by atoms with Crippen molar-refractivity contribution in [2.45, 2.75) is 26.2 Å². The van der Waals surface area contributed by atoms with Gasteiger partial charge in [-0.1, -0.05) is 13.8 Å². The Kier molecular flexibility index (Phi) is 2.27. The van der Waals surface area contributed by atoms with Gasteiger partial charge in [0.05, 0.1) is 11.8 Å². The second kappa shape index (κ2) is 3.03. The first-order chi connectivity index (χ1) is 5.11. The fourth-order valence-corrected chi connectivity index (χ4v) is 0.786. The molecule has 0 radical (unpaired) electrons. The number of halogens is 2. The molecule has 1 heterocycles. The molecule has 62 valence electrons. The Morgan fingerprint density at radius 1 is 1.36 bits per heavy atom. The molecule has 11 heavy (non-hydrogen) atoms. The maximum atomic E-state index is 12.0. The van der Waals surface area contributed by atoms with Crippen molar-refractivity contribution in [1.82, 2.24) is 0 Å². The molecule has 0 unspecified atom stereocenters. The van der Waals surface area contributed by atoms with Crippen molar-refractivity contribution >= 4 is 0 Å². The molecular formula is C8H10F2O. The Labute approximate surface area is 64.0 Å². The second-order valence-electron chi connectivity index (χ2n) is 2.74. The molecule has 0 atom stereocenters. The lowest BCUT2D eigenvalue weighted by atomic mass is 10.1. The molecular weight excluding hydrogens is 150 g/mol. The molecule has 1 nitrogen and oxygen atoms in total.